The fraction of sp³-hybridized carbons (Fsp3) is 0.421. The van der Waals surface area contributed by atoms with Gasteiger partial charge >= 0.3 is 6.18 Å². The van der Waals surface area contributed by atoms with Crippen LogP contribution in [-0.2, 0) is 0 Å². The van der Waals surface area contributed by atoms with Gasteiger partial charge in [-0.15, -0.1) is 0 Å². The lowest BCUT2D eigenvalue weighted by atomic mass is 9.97. The fourth-order valence-corrected chi connectivity index (χ4v) is 3.74. The van der Waals surface area contributed by atoms with Crippen LogP contribution >= 0.6 is 0 Å². The molecule has 8 heteroatoms. The van der Waals surface area contributed by atoms with Gasteiger partial charge in [-0.1, -0.05) is 17.7 Å². The van der Waals surface area contributed by atoms with Crippen molar-refractivity contribution in [3.05, 3.63) is 41.9 Å². The molecule has 5 nitrogen and oxygen atoms in total. The van der Waals surface area contributed by atoms with E-state index in [0.717, 1.165) is 16.8 Å². The highest BCUT2D eigenvalue weighted by Crippen LogP contribution is 2.36. The number of piperidine rings is 1. The second kappa shape index (κ2) is 6.51. The molecule has 1 aromatic carbocycles. The fourth-order valence-electron chi connectivity index (χ4n) is 3.74. The van der Waals surface area contributed by atoms with E-state index < -0.39 is 12.1 Å². The van der Waals surface area contributed by atoms with Gasteiger partial charge in [0.1, 0.15) is 12.1 Å². The van der Waals surface area contributed by atoms with Crippen LogP contribution < -0.4 is 4.90 Å². The molecule has 4 rings (SSSR count). The predicted molar refractivity (Wildman–Crippen MR) is 97.1 cm³/mol. The van der Waals surface area contributed by atoms with Crippen molar-refractivity contribution < 1.29 is 13.2 Å². The van der Waals surface area contributed by atoms with E-state index in [2.05, 4.69) is 21.1 Å². The SMILES string of the molecule is Cc1ccc(-n2ncc3c(N4CCCC(C(F)(F)F)C4)ncnc32)c(C)c1. The zero-order valence-corrected chi connectivity index (χ0v) is 15.2. The molecule has 0 spiro atoms. The van der Waals surface area contributed by atoms with Gasteiger partial charge in [0.05, 0.1) is 23.2 Å². The number of hydrogen-bond donors (Lipinski definition) is 0. The summed E-state index contributed by atoms with van der Waals surface area (Å²) in [6.07, 6.45) is -0.497. The van der Waals surface area contributed by atoms with Crippen molar-refractivity contribution in [1.29, 1.82) is 0 Å². The van der Waals surface area contributed by atoms with Crippen LogP contribution in [0.2, 0.25) is 0 Å². The van der Waals surface area contributed by atoms with Crippen molar-refractivity contribution in [2.45, 2.75) is 32.9 Å². The number of fused-ring (bicyclic) bond motifs is 1. The third-order valence-corrected chi connectivity index (χ3v) is 5.11. The third-order valence-electron chi connectivity index (χ3n) is 5.11. The van der Waals surface area contributed by atoms with Gasteiger partial charge in [0.15, 0.2) is 5.65 Å². The third kappa shape index (κ3) is 3.24. The molecule has 3 aromatic rings. The zero-order chi connectivity index (χ0) is 19.2. The summed E-state index contributed by atoms with van der Waals surface area (Å²) in [6.45, 7) is 4.49. The number of aromatic nitrogens is 4. The predicted octanol–water partition coefficient (Wildman–Crippen LogP) is 4.21. The van der Waals surface area contributed by atoms with Crippen molar-refractivity contribution in [2.24, 2.45) is 5.92 Å². The summed E-state index contributed by atoms with van der Waals surface area (Å²) >= 11 is 0. The van der Waals surface area contributed by atoms with Gasteiger partial charge in [-0.25, -0.2) is 14.6 Å². The number of alkyl halides is 3. The van der Waals surface area contributed by atoms with Crippen molar-refractivity contribution in [1.82, 2.24) is 19.7 Å². The Bertz CT molecular complexity index is 979. The van der Waals surface area contributed by atoms with Gasteiger partial charge in [-0.2, -0.15) is 18.3 Å². The van der Waals surface area contributed by atoms with Crippen molar-refractivity contribution >= 4 is 16.9 Å². The molecule has 0 N–H and O–H groups in total. The molecule has 2 aromatic heterocycles. The van der Waals surface area contributed by atoms with E-state index in [1.807, 2.05) is 26.0 Å². The highest BCUT2D eigenvalue weighted by Gasteiger charge is 2.42. The first kappa shape index (κ1) is 17.8. The second-order valence-electron chi connectivity index (χ2n) is 7.11. The molecule has 1 unspecified atom stereocenters. The number of anilines is 1. The van der Waals surface area contributed by atoms with Crippen LogP contribution in [0.4, 0.5) is 19.0 Å². The average molecular weight is 375 g/mol. The lowest BCUT2D eigenvalue weighted by molar-refractivity contribution is -0.176. The molecule has 0 amide bonds. The van der Waals surface area contributed by atoms with Gasteiger partial charge < -0.3 is 4.90 Å². The Labute approximate surface area is 154 Å². The van der Waals surface area contributed by atoms with Gasteiger partial charge in [0.2, 0.25) is 0 Å². The summed E-state index contributed by atoms with van der Waals surface area (Å²) in [5.74, 6) is -0.810. The Kier molecular flexibility index (Phi) is 4.28. The van der Waals surface area contributed by atoms with E-state index in [9.17, 15) is 13.2 Å². The summed E-state index contributed by atoms with van der Waals surface area (Å²) in [4.78, 5) is 10.3. The molecule has 1 atom stereocenters. The summed E-state index contributed by atoms with van der Waals surface area (Å²) in [5.41, 5.74) is 3.69. The molecule has 0 saturated carbocycles. The second-order valence-corrected chi connectivity index (χ2v) is 7.11. The summed E-state index contributed by atoms with van der Waals surface area (Å²) in [6, 6.07) is 6.03. The Balaban J connectivity index is 1.75. The average Bonchev–Trinajstić information content (AvgIpc) is 3.05. The van der Waals surface area contributed by atoms with Crippen molar-refractivity contribution in [3.8, 4) is 5.69 Å². The van der Waals surface area contributed by atoms with Crippen LogP contribution in [0.5, 0.6) is 0 Å². The molecule has 0 radical (unpaired) electrons. The summed E-state index contributed by atoms with van der Waals surface area (Å²) < 4.78 is 41.2. The molecular weight excluding hydrogens is 355 g/mol. The van der Waals surface area contributed by atoms with Gasteiger partial charge in [0.25, 0.3) is 0 Å². The topological polar surface area (TPSA) is 46.8 Å². The lowest BCUT2D eigenvalue weighted by Crippen LogP contribution is -2.42. The smallest absolute Gasteiger partial charge is 0.355 e. The van der Waals surface area contributed by atoms with Crippen LogP contribution in [0.15, 0.2) is 30.7 Å². The molecule has 27 heavy (non-hydrogen) atoms. The highest BCUT2D eigenvalue weighted by molar-refractivity contribution is 5.87. The standard InChI is InChI=1S/C19H20F3N5/c1-12-5-6-16(13(2)8-12)27-18-15(9-25-27)17(23-11-24-18)26-7-3-4-14(10-26)19(20,21)22/h5-6,8-9,11,14H,3-4,7,10H2,1-2H3. The molecule has 3 heterocycles. The Morgan fingerprint density at radius 2 is 1.96 bits per heavy atom. The van der Waals surface area contributed by atoms with Gasteiger partial charge in [-0.3, -0.25) is 0 Å². The molecule has 1 aliphatic heterocycles. The molecule has 1 fully saturated rings. The van der Waals surface area contributed by atoms with Crippen LogP contribution in [0.3, 0.4) is 0 Å². The van der Waals surface area contributed by atoms with Crippen molar-refractivity contribution in [3.63, 3.8) is 0 Å². The van der Waals surface area contributed by atoms with E-state index in [0.29, 0.717) is 29.8 Å². The summed E-state index contributed by atoms with van der Waals surface area (Å²) in [5, 5.41) is 5.11. The molecular formula is C19H20F3N5. The van der Waals surface area contributed by atoms with Gasteiger partial charge in [-0.05, 0) is 38.3 Å². The Morgan fingerprint density at radius 3 is 2.70 bits per heavy atom. The molecule has 1 saturated heterocycles. The van der Waals surface area contributed by atoms with E-state index in [1.165, 1.54) is 6.33 Å². The highest BCUT2D eigenvalue weighted by atomic mass is 19.4. The maximum Gasteiger partial charge on any atom is 0.393 e. The zero-order valence-electron chi connectivity index (χ0n) is 15.2. The van der Waals surface area contributed by atoms with Crippen LogP contribution in [0.1, 0.15) is 24.0 Å². The molecule has 0 aliphatic carbocycles. The van der Waals surface area contributed by atoms with Crippen LogP contribution in [-0.4, -0.2) is 39.0 Å². The molecule has 1 aliphatic rings. The minimum absolute atomic E-state index is 0.0790. The molecule has 0 bridgehead atoms. The normalized spacial score (nSPS) is 18.3. The number of nitrogens with zero attached hydrogens (tertiary/aromatic N) is 5. The number of hydrogen-bond acceptors (Lipinski definition) is 4. The monoisotopic (exact) mass is 375 g/mol. The first-order chi connectivity index (χ1) is 12.8. The van der Waals surface area contributed by atoms with E-state index in [-0.39, 0.29) is 13.0 Å². The van der Waals surface area contributed by atoms with E-state index >= 15 is 0 Å². The first-order valence-electron chi connectivity index (χ1n) is 8.92. The quantitative estimate of drug-likeness (QED) is 0.673. The van der Waals surface area contributed by atoms with Gasteiger partial charge in [0, 0.05) is 13.1 Å². The Morgan fingerprint density at radius 1 is 1.15 bits per heavy atom. The number of rotatable bonds is 2. The maximum atomic E-state index is 13.2. The number of halogens is 3. The minimum Gasteiger partial charge on any atom is -0.355 e. The summed E-state index contributed by atoms with van der Waals surface area (Å²) in [7, 11) is 0. The Hall–Kier alpha value is -2.64. The minimum atomic E-state index is -4.19. The van der Waals surface area contributed by atoms with Crippen molar-refractivity contribution in [2.75, 3.05) is 18.0 Å². The van der Waals surface area contributed by atoms with Crippen LogP contribution in [0, 0.1) is 19.8 Å². The lowest BCUT2D eigenvalue weighted by Gasteiger charge is -2.34. The molecule has 142 valence electrons. The largest absolute Gasteiger partial charge is 0.393 e. The number of aryl methyl sites for hydroxylation is 2. The number of benzene rings is 1. The van der Waals surface area contributed by atoms with E-state index in [1.54, 1.807) is 15.8 Å². The van der Waals surface area contributed by atoms with Crippen LogP contribution in [0.25, 0.3) is 16.7 Å². The first-order valence-corrected chi connectivity index (χ1v) is 8.92. The maximum absolute atomic E-state index is 13.2. The van der Waals surface area contributed by atoms with E-state index in [4.69, 9.17) is 0 Å².